The molecule has 106 valence electrons. The first-order valence-electron chi connectivity index (χ1n) is 7.04. The number of nitrogens with zero attached hydrogens (tertiary/aromatic N) is 3. The smallest absolute Gasteiger partial charge is 0.257 e. The van der Waals surface area contributed by atoms with E-state index in [1.165, 1.54) is 6.42 Å². The number of carbonyl (C=O) groups is 1. The van der Waals surface area contributed by atoms with E-state index >= 15 is 0 Å². The van der Waals surface area contributed by atoms with Crippen molar-refractivity contribution in [2.24, 2.45) is 18.7 Å². The molecule has 0 aromatic carbocycles. The highest BCUT2D eigenvalue weighted by molar-refractivity contribution is 5.96. The van der Waals surface area contributed by atoms with Gasteiger partial charge in [-0.2, -0.15) is 5.10 Å². The van der Waals surface area contributed by atoms with Gasteiger partial charge in [0.2, 0.25) is 0 Å². The van der Waals surface area contributed by atoms with Gasteiger partial charge in [-0.25, -0.2) is 0 Å². The number of hydrogen-bond acceptors (Lipinski definition) is 3. The normalized spacial score (nSPS) is 19.8. The first-order valence-corrected chi connectivity index (χ1v) is 7.04. The SMILES string of the molecule is Cc1nn(C)c(C)c1C(=O)N1CCCC(CCN)C1. The number of rotatable bonds is 3. The second-order valence-corrected chi connectivity index (χ2v) is 5.51. The molecular weight excluding hydrogens is 240 g/mol. The van der Waals surface area contributed by atoms with E-state index in [4.69, 9.17) is 5.73 Å². The van der Waals surface area contributed by atoms with E-state index in [0.29, 0.717) is 12.5 Å². The second-order valence-electron chi connectivity index (χ2n) is 5.51. The molecule has 1 aliphatic heterocycles. The molecule has 0 spiro atoms. The van der Waals surface area contributed by atoms with Crippen molar-refractivity contribution in [3.63, 3.8) is 0 Å². The van der Waals surface area contributed by atoms with Gasteiger partial charge in [-0.3, -0.25) is 9.48 Å². The molecule has 1 unspecified atom stereocenters. The Balaban J connectivity index is 2.15. The number of aromatic nitrogens is 2. The van der Waals surface area contributed by atoms with Crippen LogP contribution in [0.1, 0.15) is 41.0 Å². The lowest BCUT2D eigenvalue weighted by molar-refractivity contribution is 0.0668. The van der Waals surface area contributed by atoms with Crippen molar-refractivity contribution in [2.75, 3.05) is 19.6 Å². The van der Waals surface area contributed by atoms with E-state index in [9.17, 15) is 4.79 Å². The lowest BCUT2D eigenvalue weighted by Crippen LogP contribution is -2.40. The highest BCUT2D eigenvalue weighted by atomic mass is 16.2. The maximum absolute atomic E-state index is 12.6. The van der Waals surface area contributed by atoms with Crippen LogP contribution in [0.25, 0.3) is 0 Å². The van der Waals surface area contributed by atoms with Crippen molar-refractivity contribution in [2.45, 2.75) is 33.1 Å². The number of nitrogens with two attached hydrogens (primary N) is 1. The van der Waals surface area contributed by atoms with Crippen LogP contribution in [0.3, 0.4) is 0 Å². The number of amides is 1. The van der Waals surface area contributed by atoms with E-state index in [1.54, 1.807) is 4.68 Å². The van der Waals surface area contributed by atoms with Gasteiger partial charge in [0.1, 0.15) is 0 Å². The summed E-state index contributed by atoms with van der Waals surface area (Å²) in [4.78, 5) is 14.6. The predicted octanol–water partition coefficient (Wildman–Crippen LogP) is 1.24. The zero-order valence-corrected chi connectivity index (χ0v) is 12.1. The number of hydrogen-bond donors (Lipinski definition) is 1. The molecule has 5 nitrogen and oxygen atoms in total. The Labute approximate surface area is 114 Å². The second kappa shape index (κ2) is 5.74. The molecule has 1 aromatic rings. The summed E-state index contributed by atoms with van der Waals surface area (Å²) in [6.07, 6.45) is 3.27. The average molecular weight is 264 g/mol. The zero-order chi connectivity index (χ0) is 14.0. The van der Waals surface area contributed by atoms with Gasteiger partial charge in [-0.05, 0) is 45.6 Å². The Hall–Kier alpha value is -1.36. The molecule has 0 radical (unpaired) electrons. The van der Waals surface area contributed by atoms with Crippen LogP contribution in [0.4, 0.5) is 0 Å². The Morgan fingerprint density at radius 3 is 2.79 bits per heavy atom. The van der Waals surface area contributed by atoms with E-state index in [1.807, 2.05) is 25.8 Å². The third kappa shape index (κ3) is 2.81. The van der Waals surface area contributed by atoms with Crippen LogP contribution in [0.15, 0.2) is 0 Å². The van der Waals surface area contributed by atoms with Crippen molar-refractivity contribution in [3.05, 3.63) is 17.0 Å². The Morgan fingerprint density at radius 1 is 1.47 bits per heavy atom. The van der Waals surface area contributed by atoms with Crippen molar-refractivity contribution in [1.29, 1.82) is 0 Å². The average Bonchev–Trinajstić information content (AvgIpc) is 2.63. The van der Waals surface area contributed by atoms with Crippen LogP contribution in [0.5, 0.6) is 0 Å². The van der Waals surface area contributed by atoms with E-state index < -0.39 is 0 Å². The summed E-state index contributed by atoms with van der Waals surface area (Å²) in [5.41, 5.74) is 8.17. The lowest BCUT2D eigenvalue weighted by atomic mass is 9.94. The van der Waals surface area contributed by atoms with Crippen LogP contribution in [0, 0.1) is 19.8 Å². The van der Waals surface area contributed by atoms with Gasteiger partial charge in [-0.1, -0.05) is 0 Å². The summed E-state index contributed by atoms with van der Waals surface area (Å²) >= 11 is 0. The van der Waals surface area contributed by atoms with Crippen LogP contribution < -0.4 is 5.73 Å². The maximum atomic E-state index is 12.6. The summed E-state index contributed by atoms with van der Waals surface area (Å²) in [6, 6.07) is 0. The quantitative estimate of drug-likeness (QED) is 0.893. The van der Waals surface area contributed by atoms with Gasteiger partial charge < -0.3 is 10.6 Å². The van der Waals surface area contributed by atoms with Crippen molar-refractivity contribution in [1.82, 2.24) is 14.7 Å². The minimum Gasteiger partial charge on any atom is -0.338 e. The summed E-state index contributed by atoms with van der Waals surface area (Å²) in [5.74, 6) is 0.685. The molecule has 0 saturated carbocycles. The van der Waals surface area contributed by atoms with Gasteiger partial charge in [-0.15, -0.1) is 0 Å². The topological polar surface area (TPSA) is 64.2 Å². The van der Waals surface area contributed by atoms with Crippen LogP contribution >= 0.6 is 0 Å². The van der Waals surface area contributed by atoms with Crippen molar-refractivity contribution in [3.8, 4) is 0 Å². The molecule has 2 N–H and O–H groups in total. The number of carbonyl (C=O) groups excluding carboxylic acids is 1. The van der Waals surface area contributed by atoms with Gasteiger partial charge in [0.25, 0.3) is 5.91 Å². The molecule has 5 heteroatoms. The Bertz CT molecular complexity index is 464. The third-order valence-corrected chi connectivity index (χ3v) is 4.10. The third-order valence-electron chi connectivity index (χ3n) is 4.10. The van der Waals surface area contributed by atoms with Gasteiger partial charge in [0, 0.05) is 25.8 Å². The number of likely N-dealkylation sites (tertiary alicyclic amines) is 1. The first-order chi connectivity index (χ1) is 9.04. The standard InChI is InChI=1S/C14H24N4O/c1-10-13(11(2)17(3)16-10)14(19)18-8-4-5-12(9-18)6-7-15/h12H,4-9,15H2,1-3H3. The molecule has 19 heavy (non-hydrogen) atoms. The number of piperidine rings is 1. The zero-order valence-electron chi connectivity index (χ0n) is 12.1. The van der Waals surface area contributed by atoms with E-state index in [0.717, 1.165) is 42.9 Å². The summed E-state index contributed by atoms with van der Waals surface area (Å²) in [7, 11) is 1.88. The molecule has 1 aromatic heterocycles. The molecule has 1 atom stereocenters. The molecule has 1 aliphatic rings. The molecule has 1 fully saturated rings. The minimum atomic E-state index is 0.129. The highest BCUT2D eigenvalue weighted by Gasteiger charge is 2.27. The molecule has 2 rings (SSSR count). The molecule has 1 amide bonds. The van der Waals surface area contributed by atoms with Crippen molar-refractivity contribution < 1.29 is 4.79 Å². The highest BCUT2D eigenvalue weighted by Crippen LogP contribution is 2.22. The van der Waals surface area contributed by atoms with Gasteiger partial charge in [0.05, 0.1) is 11.3 Å². The molecule has 0 aliphatic carbocycles. The molecule has 1 saturated heterocycles. The summed E-state index contributed by atoms with van der Waals surface area (Å²) in [6.45, 7) is 6.26. The van der Waals surface area contributed by atoms with Crippen LogP contribution in [-0.4, -0.2) is 40.2 Å². The first kappa shape index (κ1) is 14.1. The summed E-state index contributed by atoms with van der Waals surface area (Å²) < 4.78 is 1.78. The monoisotopic (exact) mass is 264 g/mol. The van der Waals surface area contributed by atoms with Crippen LogP contribution in [-0.2, 0) is 7.05 Å². The largest absolute Gasteiger partial charge is 0.338 e. The van der Waals surface area contributed by atoms with E-state index in [2.05, 4.69) is 5.10 Å². The predicted molar refractivity (Wildman–Crippen MR) is 75.0 cm³/mol. The maximum Gasteiger partial charge on any atom is 0.257 e. The Morgan fingerprint density at radius 2 is 2.21 bits per heavy atom. The van der Waals surface area contributed by atoms with Gasteiger partial charge in [0.15, 0.2) is 0 Å². The van der Waals surface area contributed by atoms with Crippen LogP contribution in [0.2, 0.25) is 0 Å². The fourth-order valence-electron chi connectivity index (χ4n) is 2.96. The molecular formula is C14H24N4O. The number of aryl methyl sites for hydroxylation is 2. The molecule has 2 heterocycles. The van der Waals surface area contributed by atoms with E-state index in [-0.39, 0.29) is 5.91 Å². The Kier molecular flexibility index (Phi) is 4.24. The fourth-order valence-corrected chi connectivity index (χ4v) is 2.96. The van der Waals surface area contributed by atoms with Crippen molar-refractivity contribution >= 4 is 5.91 Å². The fraction of sp³-hybridized carbons (Fsp3) is 0.714. The lowest BCUT2D eigenvalue weighted by Gasteiger charge is -2.32. The summed E-state index contributed by atoms with van der Waals surface area (Å²) in [5, 5.41) is 4.33. The minimum absolute atomic E-state index is 0.129. The molecule has 0 bridgehead atoms. The van der Waals surface area contributed by atoms with Gasteiger partial charge >= 0.3 is 0 Å².